The molecule has 0 aliphatic carbocycles. The lowest BCUT2D eigenvalue weighted by Gasteiger charge is -2.42. The van der Waals surface area contributed by atoms with Gasteiger partial charge in [-0.05, 0) is 24.3 Å². The molecule has 0 N–H and O–H groups in total. The number of alkyl halides is 17. The van der Waals surface area contributed by atoms with E-state index in [0.717, 1.165) is 6.92 Å². The minimum absolute atomic E-state index is 0.0224. The van der Waals surface area contributed by atoms with Gasteiger partial charge in [-0.3, -0.25) is 4.79 Å². The molecule has 1 heterocycles. The average Bonchev–Trinajstić information content (AvgIpc) is 2.95. The summed E-state index contributed by atoms with van der Waals surface area (Å²) in [6.45, 7) is 0.939. The zero-order valence-corrected chi connectivity index (χ0v) is 26.3. The van der Waals surface area contributed by atoms with Crippen LogP contribution in [0.5, 0.6) is 0 Å². The number of ether oxygens (including phenoxy) is 1. The van der Waals surface area contributed by atoms with Gasteiger partial charge in [0, 0.05) is 24.3 Å². The molecule has 0 spiro atoms. The Hall–Kier alpha value is -2.66. The lowest BCUT2D eigenvalue weighted by atomic mass is 9.87. The van der Waals surface area contributed by atoms with Gasteiger partial charge in [-0.25, -0.2) is 13.0 Å². The molecule has 0 amide bonds. The molecule has 2 unspecified atom stereocenters. The predicted octanol–water partition coefficient (Wildman–Crippen LogP) is 7.76. The Morgan fingerprint density at radius 3 is 1.64 bits per heavy atom. The molecule has 0 bridgehead atoms. The normalized spacial score (nSPS) is 15.9. The van der Waals surface area contributed by atoms with Crippen molar-refractivity contribution in [2.45, 2.75) is 106 Å². The first kappa shape index (κ1) is 45.4. The molecule has 2 atom stereocenters. The van der Waals surface area contributed by atoms with Crippen LogP contribution in [-0.2, 0) is 26.2 Å². The van der Waals surface area contributed by atoms with Crippen LogP contribution < -0.4 is 4.57 Å². The maximum absolute atomic E-state index is 14.1. The van der Waals surface area contributed by atoms with E-state index in [2.05, 4.69) is 4.74 Å². The third-order valence-electron chi connectivity index (χ3n) is 7.32. The largest absolute Gasteiger partial charge is 0.748 e. The highest BCUT2D eigenvalue weighted by Gasteiger charge is 2.95. The van der Waals surface area contributed by atoms with Crippen LogP contribution in [0.1, 0.15) is 57.4 Å². The van der Waals surface area contributed by atoms with Crippen molar-refractivity contribution in [1.29, 1.82) is 0 Å². The molecule has 0 radical (unpaired) electrons. The van der Waals surface area contributed by atoms with E-state index in [1.807, 2.05) is 0 Å². The Morgan fingerprint density at radius 1 is 0.780 bits per heavy atom. The summed E-state index contributed by atoms with van der Waals surface area (Å²) in [5.74, 6) is -61.1. The van der Waals surface area contributed by atoms with Gasteiger partial charge in [-0.1, -0.05) is 20.3 Å². The fourth-order valence-corrected chi connectivity index (χ4v) is 4.86. The summed E-state index contributed by atoms with van der Waals surface area (Å²) in [5.41, 5.74) is 0.559. The SMILES string of the molecule is CCCC(CC(C)C(=O)OCCC(F)(F)C(F)(F)C(F)(F)C(F)(F)C(F)(F)C(F)(F)C(F)(F)C(F)(F)F)c1cc[n+](CCCS(=O)(=O)[O-])cc1. The lowest BCUT2D eigenvalue weighted by Crippen LogP contribution is -2.74. The highest BCUT2D eigenvalue weighted by molar-refractivity contribution is 7.85. The van der Waals surface area contributed by atoms with E-state index < -0.39 is 94.3 Å². The predicted molar refractivity (Wildman–Crippen MR) is 134 cm³/mol. The summed E-state index contributed by atoms with van der Waals surface area (Å²) in [5, 5.41) is 0. The second-order valence-electron chi connectivity index (χ2n) is 11.2. The number of hydrogen-bond donors (Lipinski definition) is 0. The molecule has 0 aliphatic rings. The second-order valence-corrected chi connectivity index (χ2v) is 12.7. The Kier molecular flexibility index (Phi) is 13.7. The number of rotatable bonds is 19. The monoisotopic (exact) mass is 789 g/mol. The molecular weight excluding hydrogens is 761 g/mol. The van der Waals surface area contributed by atoms with Gasteiger partial charge in [-0.2, -0.15) is 74.6 Å². The molecule has 0 saturated carbocycles. The molecule has 24 heteroatoms. The zero-order chi connectivity index (χ0) is 39.6. The van der Waals surface area contributed by atoms with Crippen LogP contribution in [0.3, 0.4) is 0 Å². The summed E-state index contributed by atoms with van der Waals surface area (Å²) in [4.78, 5) is 12.3. The Morgan fingerprint density at radius 2 is 1.22 bits per heavy atom. The lowest BCUT2D eigenvalue weighted by molar-refractivity contribution is -0.696. The molecule has 0 aliphatic heterocycles. The topological polar surface area (TPSA) is 87.4 Å². The van der Waals surface area contributed by atoms with Gasteiger partial charge in [0.2, 0.25) is 0 Å². The van der Waals surface area contributed by atoms with Gasteiger partial charge in [0.1, 0.15) is 6.54 Å². The third kappa shape index (κ3) is 9.03. The van der Waals surface area contributed by atoms with E-state index in [0.29, 0.717) is 18.4 Å². The van der Waals surface area contributed by atoms with Crippen molar-refractivity contribution in [3.63, 3.8) is 0 Å². The molecule has 6 nitrogen and oxygen atoms in total. The summed E-state index contributed by atoms with van der Waals surface area (Å²) < 4.78 is 266. The number of hydrogen-bond acceptors (Lipinski definition) is 5. The molecular formula is C26H28F17NO5S. The van der Waals surface area contributed by atoms with E-state index in [4.69, 9.17) is 0 Å². The Labute approximate surface area is 272 Å². The number of carbonyl (C=O) groups is 1. The summed E-state index contributed by atoms with van der Waals surface area (Å²) in [6, 6.07) is 3.07. The van der Waals surface area contributed by atoms with Gasteiger partial charge in [0.15, 0.2) is 12.4 Å². The van der Waals surface area contributed by atoms with Crippen molar-refractivity contribution < 1.29 is 102 Å². The molecule has 1 aromatic rings. The number of pyridine rings is 1. The van der Waals surface area contributed by atoms with Crippen molar-refractivity contribution in [2.75, 3.05) is 12.4 Å². The van der Waals surface area contributed by atoms with Crippen molar-refractivity contribution in [3.8, 4) is 0 Å². The maximum atomic E-state index is 14.1. The van der Waals surface area contributed by atoms with Crippen LogP contribution >= 0.6 is 0 Å². The van der Waals surface area contributed by atoms with Crippen molar-refractivity contribution in [3.05, 3.63) is 30.1 Å². The van der Waals surface area contributed by atoms with Gasteiger partial charge >= 0.3 is 53.6 Å². The summed E-state index contributed by atoms with van der Waals surface area (Å²) >= 11 is 0. The Bertz CT molecular complexity index is 1400. The first-order chi connectivity index (χ1) is 22.2. The molecule has 1 aromatic heterocycles. The number of aryl methyl sites for hydroxylation is 1. The van der Waals surface area contributed by atoms with Gasteiger partial charge in [0.05, 0.1) is 29.1 Å². The fraction of sp³-hybridized carbons (Fsp3) is 0.769. The molecule has 0 aromatic carbocycles. The minimum atomic E-state index is -8.72. The van der Waals surface area contributed by atoms with Crippen LogP contribution in [0.2, 0.25) is 0 Å². The molecule has 292 valence electrons. The molecule has 50 heavy (non-hydrogen) atoms. The number of halogens is 17. The van der Waals surface area contributed by atoms with Crippen LogP contribution in [0.25, 0.3) is 0 Å². The zero-order valence-electron chi connectivity index (χ0n) is 25.4. The number of carbonyl (C=O) groups excluding carboxylic acids is 1. The minimum Gasteiger partial charge on any atom is -0.748 e. The molecule has 0 saturated heterocycles. The molecule has 0 fully saturated rings. The highest BCUT2D eigenvalue weighted by Crippen LogP contribution is 2.64. The van der Waals surface area contributed by atoms with E-state index in [1.54, 1.807) is 6.92 Å². The molecule has 1 rings (SSSR count). The van der Waals surface area contributed by atoms with Crippen LogP contribution in [0.15, 0.2) is 24.5 Å². The van der Waals surface area contributed by atoms with E-state index in [1.165, 1.54) is 29.1 Å². The first-order valence-electron chi connectivity index (χ1n) is 14.0. The number of esters is 1. The smallest absolute Gasteiger partial charge is 0.460 e. The van der Waals surface area contributed by atoms with Crippen molar-refractivity contribution in [2.24, 2.45) is 5.92 Å². The van der Waals surface area contributed by atoms with Gasteiger partial charge in [0.25, 0.3) is 0 Å². The highest BCUT2D eigenvalue weighted by atomic mass is 32.2. The second kappa shape index (κ2) is 15.1. The summed E-state index contributed by atoms with van der Waals surface area (Å²) in [7, 11) is -4.45. The third-order valence-corrected chi connectivity index (χ3v) is 8.11. The Balaban J connectivity index is 3.07. The standard InChI is InChI=1S/C26H28F17NO5S/c1-3-5-17(16-6-10-44(11-7-16)9-4-13-50(46,47)48)14-15(2)18(45)49-12-8-19(27,28)20(29,30)21(31,32)22(33,34)23(35,36)24(37,38)25(39,40)26(41,42)43/h6-7,10-11,15,17H,3-5,8-9,12-14H2,1-2H3. The number of aromatic nitrogens is 1. The van der Waals surface area contributed by atoms with E-state index in [-0.39, 0.29) is 19.4 Å². The average molecular weight is 790 g/mol. The maximum Gasteiger partial charge on any atom is 0.460 e. The van der Waals surface area contributed by atoms with Crippen molar-refractivity contribution >= 4 is 16.1 Å². The van der Waals surface area contributed by atoms with Crippen LogP contribution in [0.4, 0.5) is 74.6 Å². The van der Waals surface area contributed by atoms with Gasteiger partial charge in [-0.15, -0.1) is 0 Å². The van der Waals surface area contributed by atoms with E-state index >= 15 is 0 Å². The van der Waals surface area contributed by atoms with Crippen LogP contribution in [0, 0.1) is 5.92 Å². The quantitative estimate of drug-likeness (QED) is 0.0620. The van der Waals surface area contributed by atoms with Gasteiger partial charge < -0.3 is 9.29 Å². The fourth-order valence-electron chi connectivity index (χ4n) is 4.38. The van der Waals surface area contributed by atoms with Crippen molar-refractivity contribution in [1.82, 2.24) is 0 Å². The number of nitrogens with zero attached hydrogens (tertiary/aromatic N) is 1. The van der Waals surface area contributed by atoms with E-state index in [9.17, 15) is 92.4 Å². The summed E-state index contributed by atoms with van der Waals surface area (Å²) in [6.07, 6.45) is -7.07. The first-order valence-corrected chi connectivity index (χ1v) is 15.5. The van der Waals surface area contributed by atoms with Crippen LogP contribution in [-0.4, -0.2) is 78.9 Å².